The van der Waals surface area contributed by atoms with Crippen LogP contribution < -0.4 is 10.1 Å². The molecular formula is C15H19BrFNO2. The standard InChI is InChI=1S/C15H19BrFNO2/c1-20-14-9-10(7-8-12(14)17)15(19)18-13-6-4-2-3-5-11(13)16/h7-9,11,13H,2-6H2,1H3,(H,18,19). The van der Waals surface area contributed by atoms with Gasteiger partial charge in [0.05, 0.1) is 7.11 Å². The lowest BCUT2D eigenvalue weighted by Crippen LogP contribution is -2.40. The number of carbonyl (C=O) groups excluding carboxylic acids is 1. The van der Waals surface area contributed by atoms with Crippen LogP contribution in [-0.2, 0) is 0 Å². The van der Waals surface area contributed by atoms with Crippen molar-refractivity contribution in [3.8, 4) is 5.75 Å². The zero-order valence-corrected chi connectivity index (χ0v) is 13.1. The van der Waals surface area contributed by atoms with Crippen LogP contribution in [0.25, 0.3) is 0 Å². The zero-order chi connectivity index (χ0) is 14.5. The first kappa shape index (κ1) is 15.3. The van der Waals surface area contributed by atoms with E-state index in [2.05, 4.69) is 21.2 Å². The first-order valence-corrected chi connectivity index (χ1v) is 7.82. The van der Waals surface area contributed by atoms with E-state index in [1.807, 2.05) is 0 Å². The van der Waals surface area contributed by atoms with Crippen LogP contribution in [0.4, 0.5) is 4.39 Å². The first-order chi connectivity index (χ1) is 9.61. The van der Waals surface area contributed by atoms with Gasteiger partial charge in [0.2, 0.25) is 0 Å². The van der Waals surface area contributed by atoms with Gasteiger partial charge in [-0.1, -0.05) is 35.2 Å². The van der Waals surface area contributed by atoms with Crippen LogP contribution in [0.3, 0.4) is 0 Å². The number of hydrogen-bond donors (Lipinski definition) is 1. The van der Waals surface area contributed by atoms with E-state index < -0.39 is 5.82 Å². The Balaban J connectivity index is 2.07. The van der Waals surface area contributed by atoms with Gasteiger partial charge < -0.3 is 10.1 Å². The van der Waals surface area contributed by atoms with Crippen molar-refractivity contribution in [3.05, 3.63) is 29.6 Å². The number of rotatable bonds is 3. The molecule has 1 amide bonds. The molecule has 1 fully saturated rings. The maximum absolute atomic E-state index is 13.3. The largest absolute Gasteiger partial charge is 0.494 e. The van der Waals surface area contributed by atoms with Gasteiger partial charge in [-0.3, -0.25) is 4.79 Å². The van der Waals surface area contributed by atoms with Gasteiger partial charge in [0.1, 0.15) is 0 Å². The highest BCUT2D eigenvalue weighted by Crippen LogP contribution is 2.24. The first-order valence-electron chi connectivity index (χ1n) is 6.90. The fraction of sp³-hybridized carbons (Fsp3) is 0.533. The third-order valence-electron chi connectivity index (χ3n) is 3.66. The summed E-state index contributed by atoms with van der Waals surface area (Å²) in [6, 6.07) is 4.30. The van der Waals surface area contributed by atoms with Crippen molar-refractivity contribution >= 4 is 21.8 Å². The van der Waals surface area contributed by atoms with Gasteiger partial charge in [-0.25, -0.2) is 4.39 Å². The molecule has 5 heteroatoms. The summed E-state index contributed by atoms with van der Waals surface area (Å²) in [6.07, 6.45) is 5.56. The van der Waals surface area contributed by atoms with E-state index in [9.17, 15) is 9.18 Å². The molecule has 20 heavy (non-hydrogen) atoms. The lowest BCUT2D eigenvalue weighted by Gasteiger charge is -2.21. The fourth-order valence-corrected chi connectivity index (χ4v) is 3.20. The molecule has 1 aliphatic carbocycles. The molecule has 1 aromatic rings. The average Bonchev–Trinajstić information content (AvgIpc) is 2.64. The number of amides is 1. The molecule has 3 nitrogen and oxygen atoms in total. The molecule has 1 saturated carbocycles. The van der Waals surface area contributed by atoms with E-state index in [1.165, 1.54) is 38.2 Å². The number of ether oxygens (including phenoxy) is 1. The van der Waals surface area contributed by atoms with E-state index in [0.29, 0.717) is 10.4 Å². The van der Waals surface area contributed by atoms with Crippen LogP contribution in [0.15, 0.2) is 18.2 Å². The van der Waals surface area contributed by atoms with E-state index >= 15 is 0 Å². The van der Waals surface area contributed by atoms with Crippen LogP contribution in [0.5, 0.6) is 5.75 Å². The Labute approximate surface area is 127 Å². The molecule has 0 aliphatic heterocycles. The topological polar surface area (TPSA) is 38.3 Å². The minimum atomic E-state index is -0.461. The highest BCUT2D eigenvalue weighted by Gasteiger charge is 2.23. The summed E-state index contributed by atoms with van der Waals surface area (Å²) in [5.41, 5.74) is 0.423. The van der Waals surface area contributed by atoms with Gasteiger partial charge in [-0.05, 0) is 31.0 Å². The van der Waals surface area contributed by atoms with Crippen LogP contribution in [0.2, 0.25) is 0 Å². The Morgan fingerprint density at radius 1 is 1.35 bits per heavy atom. The third-order valence-corrected chi connectivity index (χ3v) is 4.76. The second-order valence-electron chi connectivity index (χ2n) is 5.08. The molecule has 1 aromatic carbocycles. The van der Waals surface area contributed by atoms with Crippen molar-refractivity contribution in [1.29, 1.82) is 0 Å². The molecule has 0 bridgehead atoms. The van der Waals surface area contributed by atoms with Crippen LogP contribution in [0, 0.1) is 5.82 Å². The SMILES string of the molecule is COc1cc(C(=O)NC2CCCCCC2Br)ccc1F. The minimum Gasteiger partial charge on any atom is -0.494 e. The van der Waals surface area contributed by atoms with E-state index in [0.717, 1.165) is 19.3 Å². The second kappa shape index (κ2) is 7.07. The van der Waals surface area contributed by atoms with Crippen LogP contribution >= 0.6 is 15.9 Å². The zero-order valence-electron chi connectivity index (χ0n) is 11.5. The van der Waals surface area contributed by atoms with Gasteiger partial charge in [-0.2, -0.15) is 0 Å². The molecule has 1 N–H and O–H groups in total. The Bertz CT molecular complexity index is 481. The minimum absolute atomic E-state index is 0.0916. The predicted molar refractivity (Wildman–Crippen MR) is 80.0 cm³/mol. The lowest BCUT2D eigenvalue weighted by atomic mass is 10.1. The Morgan fingerprint density at radius 3 is 2.85 bits per heavy atom. The molecule has 2 rings (SSSR count). The maximum Gasteiger partial charge on any atom is 0.251 e. The van der Waals surface area contributed by atoms with Crippen molar-refractivity contribution in [2.75, 3.05) is 7.11 Å². The van der Waals surface area contributed by atoms with E-state index in [1.54, 1.807) is 0 Å². The molecule has 0 radical (unpaired) electrons. The van der Waals surface area contributed by atoms with Gasteiger partial charge in [-0.15, -0.1) is 0 Å². The summed E-state index contributed by atoms with van der Waals surface area (Å²) in [6.45, 7) is 0. The molecule has 1 aliphatic rings. The summed E-state index contributed by atoms with van der Waals surface area (Å²) in [7, 11) is 1.39. The average molecular weight is 344 g/mol. The summed E-state index contributed by atoms with van der Waals surface area (Å²) in [5, 5.41) is 3.03. The Kier molecular flexibility index (Phi) is 5.40. The molecular weight excluding hydrogens is 325 g/mol. The molecule has 110 valence electrons. The number of nitrogens with one attached hydrogen (secondary N) is 1. The number of hydrogen-bond acceptors (Lipinski definition) is 2. The number of alkyl halides is 1. The van der Waals surface area contributed by atoms with E-state index in [-0.39, 0.29) is 17.7 Å². The summed E-state index contributed by atoms with van der Waals surface area (Å²) < 4.78 is 18.2. The fourth-order valence-electron chi connectivity index (χ4n) is 2.48. The Hall–Kier alpha value is -1.10. The number of halogens is 2. The van der Waals surface area contributed by atoms with Crippen LogP contribution in [0.1, 0.15) is 42.5 Å². The van der Waals surface area contributed by atoms with Gasteiger partial charge in [0.15, 0.2) is 11.6 Å². The summed E-state index contributed by atoms with van der Waals surface area (Å²) in [5.74, 6) is -0.551. The maximum atomic E-state index is 13.3. The molecule has 0 saturated heterocycles. The van der Waals surface area contributed by atoms with Crippen molar-refractivity contribution in [2.24, 2.45) is 0 Å². The van der Waals surface area contributed by atoms with Gasteiger partial charge >= 0.3 is 0 Å². The molecule has 2 atom stereocenters. The lowest BCUT2D eigenvalue weighted by molar-refractivity contribution is 0.0934. The smallest absolute Gasteiger partial charge is 0.251 e. The number of methoxy groups -OCH3 is 1. The highest BCUT2D eigenvalue weighted by molar-refractivity contribution is 9.09. The monoisotopic (exact) mass is 343 g/mol. The number of benzene rings is 1. The van der Waals surface area contributed by atoms with Gasteiger partial charge in [0.25, 0.3) is 5.91 Å². The molecule has 0 spiro atoms. The number of carbonyl (C=O) groups is 1. The van der Waals surface area contributed by atoms with Crippen molar-refractivity contribution in [2.45, 2.75) is 43.0 Å². The molecule has 0 heterocycles. The van der Waals surface area contributed by atoms with Crippen molar-refractivity contribution < 1.29 is 13.9 Å². The van der Waals surface area contributed by atoms with E-state index in [4.69, 9.17) is 4.74 Å². The predicted octanol–water partition coefficient (Wildman–Crippen LogP) is 3.66. The molecule has 0 aromatic heterocycles. The van der Waals surface area contributed by atoms with Gasteiger partial charge in [0, 0.05) is 16.4 Å². The molecule has 2 unspecified atom stereocenters. The van der Waals surface area contributed by atoms with Crippen molar-refractivity contribution in [1.82, 2.24) is 5.32 Å². The summed E-state index contributed by atoms with van der Waals surface area (Å²) in [4.78, 5) is 12.5. The Morgan fingerprint density at radius 2 is 2.10 bits per heavy atom. The second-order valence-corrected chi connectivity index (χ2v) is 6.26. The van der Waals surface area contributed by atoms with Crippen molar-refractivity contribution in [3.63, 3.8) is 0 Å². The van der Waals surface area contributed by atoms with Crippen LogP contribution in [-0.4, -0.2) is 23.9 Å². The quantitative estimate of drug-likeness (QED) is 0.671. The summed E-state index contributed by atoms with van der Waals surface area (Å²) >= 11 is 3.65. The highest BCUT2D eigenvalue weighted by atomic mass is 79.9. The normalized spacial score (nSPS) is 22.9. The third kappa shape index (κ3) is 3.72.